The quantitative estimate of drug-likeness (QED) is 0.224. The fraction of sp³-hybridized carbons (Fsp3) is 0.0769. The Morgan fingerprint density at radius 2 is 1.85 bits per heavy atom. The zero-order valence-corrected chi connectivity index (χ0v) is 18.1. The van der Waals surface area contributed by atoms with Crippen LogP contribution in [0.1, 0.15) is 5.56 Å². The zero-order chi connectivity index (χ0) is 23.2. The molecule has 0 radical (unpaired) electrons. The zero-order valence-electron chi connectivity index (χ0n) is 18.1. The van der Waals surface area contributed by atoms with Gasteiger partial charge >= 0.3 is 0 Å². The van der Waals surface area contributed by atoms with Gasteiger partial charge in [-0.15, -0.1) is 0 Å². The lowest BCUT2D eigenvalue weighted by Gasteiger charge is -2.13. The number of benzene rings is 3. The van der Waals surface area contributed by atoms with Crippen molar-refractivity contribution in [2.24, 2.45) is 5.73 Å². The Morgan fingerprint density at radius 1 is 1.00 bits per heavy atom. The van der Waals surface area contributed by atoms with Crippen LogP contribution in [0.3, 0.4) is 0 Å². The number of allylic oxidation sites excluding steroid dienone is 1. The molecule has 1 aromatic heterocycles. The number of hydrogen-bond donors (Lipinski definition) is 4. The topological polar surface area (TPSA) is 109 Å². The summed E-state index contributed by atoms with van der Waals surface area (Å²) in [6.45, 7) is 0.339. The molecular weight excluding hydrogens is 416 g/mol. The lowest BCUT2D eigenvalue weighted by molar-refractivity contribution is -0.105. The number of amides is 1. The minimum absolute atomic E-state index is 0.339. The van der Waals surface area contributed by atoms with Crippen LogP contribution < -0.4 is 21.1 Å². The summed E-state index contributed by atoms with van der Waals surface area (Å²) in [4.78, 5) is 25.1. The third kappa shape index (κ3) is 4.49. The van der Waals surface area contributed by atoms with E-state index in [9.17, 15) is 9.59 Å². The number of nitrogens with two attached hydrogens (primary N) is 1. The molecule has 33 heavy (non-hydrogen) atoms. The standard InChI is InChI=1S/C26H24N4O3/c1-33-20-5-2-4-17(13-20)25-14-23-22(8-9-24(29-16-32)26(23)30-25)21-7-6-19(12-18(21)15-27)28-10-3-11-31/h2-14,16,28,30H,15,27H2,1H3,(H,29,32). The molecule has 1 heterocycles. The number of fused-ring (bicyclic) bond motifs is 1. The summed E-state index contributed by atoms with van der Waals surface area (Å²) in [5.74, 6) is 0.759. The lowest BCUT2D eigenvalue weighted by atomic mass is 9.95. The second kappa shape index (κ2) is 9.84. The highest BCUT2D eigenvalue weighted by Gasteiger charge is 2.15. The Hall–Kier alpha value is -4.36. The van der Waals surface area contributed by atoms with Crippen LogP contribution in [0.2, 0.25) is 0 Å². The number of carbonyl (C=O) groups excluding carboxylic acids is 2. The van der Waals surface area contributed by atoms with Gasteiger partial charge in [-0.25, -0.2) is 0 Å². The summed E-state index contributed by atoms with van der Waals surface area (Å²) < 4.78 is 5.37. The van der Waals surface area contributed by atoms with Crippen LogP contribution in [-0.4, -0.2) is 24.8 Å². The van der Waals surface area contributed by atoms with E-state index in [1.54, 1.807) is 13.3 Å². The minimum atomic E-state index is 0.339. The molecule has 7 nitrogen and oxygen atoms in total. The third-order valence-corrected chi connectivity index (χ3v) is 5.43. The fourth-order valence-electron chi connectivity index (χ4n) is 3.88. The SMILES string of the molecule is COc1cccc(-c2cc3c(-c4ccc(NC=CC=O)cc4CN)ccc(NC=O)c3[nH]2)c1. The smallest absolute Gasteiger partial charge is 0.211 e. The first kappa shape index (κ1) is 21.9. The molecule has 0 aliphatic rings. The molecule has 0 saturated carbocycles. The molecule has 166 valence electrons. The Morgan fingerprint density at radius 3 is 2.61 bits per heavy atom. The average molecular weight is 441 g/mol. The van der Waals surface area contributed by atoms with Gasteiger partial charge in [0.05, 0.1) is 18.3 Å². The Balaban J connectivity index is 1.86. The number of anilines is 2. The van der Waals surface area contributed by atoms with E-state index in [4.69, 9.17) is 10.5 Å². The maximum Gasteiger partial charge on any atom is 0.211 e. The minimum Gasteiger partial charge on any atom is -0.497 e. The van der Waals surface area contributed by atoms with Gasteiger partial charge in [-0.05, 0) is 59.2 Å². The normalized spacial score (nSPS) is 11.0. The predicted octanol–water partition coefficient (Wildman–Crippen LogP) is 4.66. The average Bonchev–Trinajstić information content (AvgIpc) is 3.31. The lowest BCUT2D eigenvalue weighted by Crippen LogP contribution is -2.01. The van der Waals surface area contributed by atoms with E-state index >= 15 is 0 Å². The van der Waals surface area contributed by atoms with E-state index < -0.39 is 0 Å². The van der Waals surface area contributed by atoms with Gasteiger partial charge in [-0.2, -0.15) is 0 Å². The van der Waals surface area contributed by atoms with E-state index in [0.717, 1.165) is 50.3 Å². The number of aromatic amines is 1. The molecule has 1 amide bonds. The van der Waals surface area contributed by atoms with Crippen molar-refractivity contribution in [3.05, 3.63) is 78.5 Å². The van der Waals surface area contributed by atoms with Crippen molar-refractivity contribution in [3.8, 4) is 28.1 Å². The summed E-state index contributed by atoms with van der Waals surface area (Å²) in [5, 5.41) is 6.79. The van der Waals surface area contributed by atoms with Gasteiger partial charge in [0.15, 0.2) is 0 Å². The van der Waals surface area contributed by atoms with Gasteiger partial charge in [0.2, 0.25) is 6.41 Å². The third-order valence-electron chi connectivity index (χ3n) is 5.43. The maximum absolute atomic E-state index is 11.2. The van der Waals surface area contributed by atoms with E-state index in [1.807, 2.05) is 54.6 Å². The number of rotatable bonds is 9. The summed E-state index contributed by atoms with van der Waals surface area (Å²) in [6.07, 6.45) is 4.34. The number of nitrogens with one attached hydrogen (secondary N) is 3. The molecule has 0 aliphatic heterocycles. The Kier molecular flexibility index (Phi) is 6.52. The second-order valence-corrected chi connectivity index (χ2v) is 7.34. The van der Waals surface area contributed by atoms with E-state index in [-0.39, 0.29) is 0 Å². The van der Waals surface area contributed by atoms with Crippen LogP contribution in [0.5, 0.6) is 5.75 Å². The molecule has 0 atom stereocenters. The van der Waals surface area contributed by atoms with Crippen LogP contribution in [-0.2, 0) is 16.1 Å². The highest BCUT2D eigenvalue weighted by Crippen LogP contribution is 2.38. The van der Waals surface area contributed by atoms with Crippen molar-refractivity contribution in [1.82, 2.24) is 4.98 Å². The van der Waals surface area contributed by atoms with Gasteiger partial charge in [-0.3, -0.25) is 9.59 Å². The molecule has 4 rings (SSSR count). The predicted molar refractivity (Wildman–Crippen MR) is 132 cm³/mol. The summed E-state index contributed by atoms with van der Waals surface area (Å²) in [7, 11) is 1.64. The molecule has 0 saturated heterocycles. The molecule has 0 fully saturated rings. The van der Waals surface area contributed by atoms with Crippen molar-refractivity contribution in [3.63, 3.8) is 0 Å². The van der Waals surface area contributed by atoms with Crippen LogP contribution >= 0.6 is 0 Å². The summed E-state index contributed by atoms with van der Waals surface area (Å²) in [6, 6.07) is 19.6. The van der Waals surface area contributed by atoms with Gasteiger partial charge in [0, 0.05) is 35.1 Å². The number of carbonyl (C=O) groups is 2. The fourth-order valence-corrected chi connectivity index (χ4v) is 3.88. The molecule has 3 aromatic carbocycles. The molecule has 4 aromatic rings. The Bertz CT molecular complexity index is 1340. The van der Waals surface area contributed by atoms with Crippen LogP contribution in [0.25, 0.3) is 33.3 Å². The first-order valence-corrected chi connectivity index (χ1v) is 10.4. The van der Waals surface area contributed by atoms with Crippen LogP contribution in [0.4, 0.5) is 11.4 Å². The molecule has 0 spiro atoms. The highest BCUT2D eigenvalue weighted by atomic mass is 16.5. The number of methoxy groups -OCH3 is 1. The first-order chi connectivity index (χ1) is 16.2. The van der Waals surface area contributed by atoms with Gasteiger partial charge in [-0.1, -0.05) is 24.3 Å². The number of hydrogen-bond acceptors (Lipinski definition) is 5. The van der Waals surface area contributed by atoms with Crippen LogP contribution in [0.15, 0.2) is 72.9 Å². The largest absolute Gasteiger partial charge is 0.497 e. The van der Waals surface area contributed by atoms with Crippen molar-refractivity contribution < 1.29 is 14.3 Å². The Labute approximate surface area is 191 Å². The summed E-state index contributed by atoms with van der Waals surface area (Å²) >= 11 is 0. The first-order valence-electron chi connectivity index (χ1n) is 10.4. The maximum atomic E-state index is 11.2. The molecule has 0 aliphatic carbocycles. The number of aldehydes is 1. The van der Waals surface area contributed by atoms with E-state index in [2.05, 4.69) is 21.7 Å². The highest BCUT2D eigenvalue weighted by molar-refractivity contribution is 6.06. The van der Waals surface area contributed by atoms with E-state index in [0.29, 0.717) is 24.9 Å². The number of ether oxygens (including phenoxy) is 1. The van der Waals surface area contributed by atoms with Crippen molar-refractivity contribution in [2.75, 3.05) is 17.7 Å². The van der Waals surface area contributed by atoms with Crippen molar-refractivity contribution in [1.29, 1.82) is 0 Å². The molecule has 0 bridgehead atoms. The van der Waals surface area contributed by atoms with Crippen molar-refractivity contribution in [2.45, 2.75) is 6.54 Å². The van der Waals surface area contributed by atoms with E-state index in [1.165, 1.54) is 6.08 Å². The van der Waals surface area contributed by atoms with Gasteiger partial charge in [0.25, 0.3) is 0 Å². The number of aromatic nitrogens is 1. The van der Waals surface area contributed by atoms with Crippen LogP contribution in [0, 0.1) is 0 Å². The summed E-state index contributed by atoms with van der Waals surface area (Å²) in [5.41, 5.74) is 13.2. The molecule has 0 unspecified atom stereocenters. The molecular formula is C26H24N4O3. The van der Waals surface area contributed by atoms with Crippen molar-refractivity contribution >= 4 is 35.0 Å². The van der Waals surface area contributed by atoms with Gasteiger partial charge < -0.3 is 26.1 Å². The molecule has 7 heteroatoms. The number of H-pyrrole nitrogens is 1. The monoisotopic (exact) mass is 440 g/mol. The molecule has 5 N–H and O–H groups in total. The second-order valence-electron chi connectivity index (χ2n) is 7.34. The van der Waals surface area contributed by atoms with Gasteiger partial charge in [0.1, 0.15) is 12.0 Å².